The van der Waals surface area contributed by atoms with E-state index in [0.29, 0.717) is 23.7 Å². The zero-order chi connectivity index (χ0) is 14.7. The summed E-state index contributed by atoms with van der Waals surface area (Å²) in [7, 11) is 0. The Kier molecular flexibility index (Phi) is 3.59. The molecule has 6 heteroatoms. The molecule has 0 saturated heterocycles. The van der Waals surface area contributed by atoms with Gasteiger partial charge in [0.2, 0.25) is 12.7 Å². The third-order valence-electron chi connectivity index (χ3n) is 3.23. The van der Waals surface area contributed by atoms with E-state index in [0.717, 1.165) is 11.8 Å². The molecule has 1 aromatic heterocycles. The topological polar surface area (TPSA) is 69.6 Å². The van der Waals surface area contributed by atoms with Gasteiger partial charge in [0.25, 0.3) is 0 Å². The Morgan fingerprint density at radius 1 is 1.29 bits per heavy atom. The van der Waals surface area contributed by atoms with Crippen LogP contribution in [0.2, 0.25) is 0 Å². The molecule has 3 rings (SSSR count). The molecule has 108 valence electrons. The average Bonchev–Trinajstić information content (AvgIpc) is 3.12. The summed E-state index contributed by atoms with van der Waals surface area (Å²) in [5, 5.41) is 2.81. The lowest BCUT2D eigenvalue weighted by Gasteiger charge is -2.08. The summed E-state index contributed by atoms with van der Waals surface area (Å²) in [4.78, 5) is 22.7. The van der Waals surface area contributed by atoms with Crippen molar-refractivity contribution in [3.05, 3.63) is 47.8 Å². The molecular weight excluding hydrogens is 272 g/mol. The van der Waals surface area contributed by atoms with Gasteiger partial charge in [0.05, 0.1) is 5.69 Å². The van der Waals surface area contributed by atoms with Crippen molar-refractivity contribution in [2.75, 3.05) is 6.79 Å². The van der Waals surface area contributed by atoms with Gasteiger partial charge >= 0.3 is 0 Å². The molecule has 1 aliphatic rings. The highest BCUT2D eigenvalue weighted by atomic mass is 16.7. The first-order valence-electron chi connectivity index (χ1n) is 6.52. The first-order chi connectivity index (χ1) is 10.3. The van der Waals surface area contributed by atoms with Crippen LogP contribution in [0, 0.1) is 0 Å². The summed E-state index contributed by atoms with van der Waals surface area (Å²) < 4.78 is 12.1. The Bertz CT molecular complexity index is 678. The fourth-order valence-electron chi connectivity index (χ4n) is 2.14. The van der Waals surface area contributed by atoms with Gasteiger partial charge in [-0.15, -0.1) is 0 Å². The lowest BCUT2D eigenvalue weighted by molar-refractivity contribution is -0.121. The van der Waals surface area contributed by atoms with Gasteiger partial charge < -0.3 is 19.4 Å². The van der Waals surface area contributed by atoms with Crippen molar-refractivity contribution in [1.29, 1.82) is 0 Å². The van der Waals surface area contributed by atoms with Crippen molar-refractivity contribution < 1.29 is 19.1 Å². The van der Waals surface area contributed by atoms with Gasteiger partial charge in [-0.2, -0.15) is 0 Å². The molecule has 0 saturated carbocycles. The highest BCUT2D eigenvalue weighted by Gasteiger charge is 2.13. The van der Waals surface area contributed by atoms with E-state index in [1.165, 1.54) is 0 Å². The summed E-state index contributed by atoms with van der Waals surface area (Å²) in [6.07, 6.45) is 2.43. The molecule has 0 bridgehead atoms. The number of nitrogens with zero attached hydrogens (tertiary/aromatic N) is 1. The number of aldehydes is 1. The van der Waals surface area contributed by atoms with E-state index in [4.69, 9.17) is 9.47 Å². The van der Waals surface area contributed by atoms with E-state index < -0.39 is 0 Å². The quantitative estimate of drug-likeness (QED) is 0.842. The second-order valence-electron chi connectivity index (χ2n) is 4.64. The van der Waals surface area contributed by atoms with Gasteiger partial charge in [-0.05, 0) is 29.8 Å². The number of fused-ring (bicyclic) bond motifs is 1. The van der Waals surface area contributed by atoms with E-state index in [2.05, 4.69) is 5.32 Å². The third-order valence-corrected chi connectivity index (χ3v) is 3.23. The summed E-state index contributed by atoms with van der Waals surface area (Å²) in [5.74, 6) is 1.25. The second kappa shape index (κ2) is 5.70. The molecule has 1 aromatic carbocycles. The number of hydrogen-bond acceptors (Lipinski definition) is 4. The van der Waals surface area contributed by atoms with Gasteiger partial charge in [-0.25, -0.2) is 0 Å². The van der Waals surface area contributed by atoms with Crippen LogP contribution in [0.3, 0.4) is 0 Å². The number of ether oxygens (including phenoxy) is 2. The number of amides is 1. The maximum Gasteiger partial charge on any atom is 0.240 e. The Balaban J connectivity index is 1.57. The number of hydrogen-bond donors (Lipinski definition) is 1. The largest absolute Gasteiger partial charge is 0.454 e. The van der Waals surface area contributed by atoms with E-state index >= 15 is 0 Å². The minimum Gasteiger partial charge on any atom is -0.454 e. The molecule has 2 heterocycles. The Morgan fingerprint density at radius 3 is 3.00 bits per heavy atom. The van der Waals surface area contributed by atoms with Crippen LogP contribution in [0.4, 0.5) is 0 Å². The van der Waals surface area contributed by atoms with Crippen LogP contribution in [0.1, 0.15) is 16.1 Å². The lowest BCUT2D eigenvalue weighted by atomic mass is 10.2. The Morgan fingerprint density at radius 2 is 2.14 bits per heavy atom. The molecule has 0 atom stereocenters. The zero-order valence-corrected chi connectivity index (χ0v) is 11.2. The smallest absolute Gasteiger partial charge is 0.240 e. The van der Waals surface area contributed by atoms with Crippen LogP contribution in [-0.2, 0) is 17.9 Å². The Hall–Kier alpha value is -2.76. The maximum absolute atomic E-state index is 11.9. The summed E-state index contributed by atoms with van der Waals surface area (Å²) in [5.41, 5.74) is 1.41. The number of carbonyl (C=O) groups is 2. The van der Waals surface area contributed by atoms with Crippen molar-refractivity contribution in [2.45, 2.75) is 13.1 Å². The van der Waals surface area contributed by atoms with Gasteiger partial charge in [-0.1, -0.05) is 6.07 Å². The SMILES string of the molecule is O=Cc1cccn1CC(=O)NCc1ccc2c(c1)OCO2. The summed E-state index contributed by atoms with van der Waals surface area (Å²) in [6, 6.07) is 8.93. The van der Waals surface area contributed by atoms with Crippen molar-refractivity contribution in [2.24, 2.45) is 0 Å². The minimum atomic E-state index is -0.160. The van der Waals surface area contributed by atoms with Crippen LogP contribution in [0.15, 0.2) is 36.5 Å². The van der Waals surface area contributed by atoms with Gasteiger partial charge in [0.15, 0.2) is 17.8 Å². The number of carbonyl (C=O) groups excluding carboxylic acids is 2. The first kappa shape index (κ1) is 13.2. The normalized spacial score (nSPS) is 12.2. The van der Waals surface area contributed by atoms with Gasteiger partial charge in [-0.3, -0.25) is 9.59 Å². The molecule has 21 heavy (non-hydrogen) atoms. The fraction of sp³-hybridized carbons (Fsp3) is 0.200. The molecule has 2 aromatic rings. The van der Waals surface area contributed by atoms with E-state index in [1.54, 1.807) is 22.9 Å². The van der Waals surface area contributed by atoms with Crippen molar-refractivity contribution >= 4 is 12.2 Å². The molecule has 1 amide bonds. The third kappa shape index (κ3) is 2.89. The standard InChI is InChI=1S/C15H14N2O4/c18-9-12-2-1-5-17(12)8-15(19)16-7-11-3-4-13-14(6-11)21-10-20-13/h1-6,9H,7-8,10H2,(H,16,19). The van der Waals surface area contributed by atoms with Crippen LogP contribution in [0.5, 0.6) is 11.5 Å². The van der Waals surface area contributed by atoms with Gasteiger partial charge in [0, 0.05) is 12.7 Å². The molecule has 1 N–H and O–H groups in total. The van der Waals surface area contributed by atoms with Crippen LogP contribution in [0.25, 0.3) is 0 Å². The van der Waals surface area contributed by atoms with E-state index in [-0.39, 0.29) is 19.2 Å². The lowest BCUT2D eigenvalue weighted by Crippen LogP contribution is -2.27. The predicted molar refractivity (Wildman–Crippen MR) is 74.2 cm³/mol. The highest BCUT2D eigenvalue weighted by molar-refractivity contribution is 5.78. The molecule has 0 fully saturated rings. The van der Waals surface area contributed by atoms with Crippen molar-refractivity contribution in [3.8, 4) is 11.5 Å². The van der Waals surface area contributed by atoms with E-state index in [1.807, 2.05) is 18.2 Å². The molecule has 0 radical (unpaired) electrons. The van der Waals surface area contributed by atoms with Crippen LogP contribution >= 0.6 is 0 Å². The molecule has 0 spiro atoms. The highest BCUT2D eigenvalue weighted by Crippen LogP contribution is 2.32. The molecular formula is C15H14N2O4. The summed E-state index contributed by atoms with van der Waals surface area (Å²) >= 11 is 0. The van der Waals surface area contributed by atoms with Crippen molar-refractivity contribution in [3.63, 3.8) is 0 Å². The first-order valence-corrected chi connectivity index (χ1v) is 6.52. The van der Waals surface area contributed by atoms with Gasteiger partial charge in [0.1, 0.15) is 6.54 Å². The molecule has 0 unspecified atom stereocenters. The maximum atomic E-state index is 11.9. The zero-order valence-electron chi connectivity index (χ0n) is 11.2. The van der Waals surface area contributed by atoms with E-state index in [9.17, 15) is 9.59 Å². The Labute approximate surface area is 121 Å². The monoisotopic (exact) mass is 286 g/mol. The van der Waals surface area contributed by atoms with Crippen molar-refractivity contribution in [1.82, 2.24) is 9.88 Å². The van der Waals surface area contributed by atoms with Crippen LogP contribution in [-0.4, -0.2) is 23.6 Å². The second-order valence-corrected chi connectivity index (χ2v) is 4.64. The predicted octanol–water partition coefficient (Wildman–Crippen LogP) is 1.35. The van der Waals surface area contributed by atoms with Crippen LogP contribution < -0.4 is 14.8 Å². The number of nitrogens with one attached hydrogen (secondary N) is 1. The average molecular weight is 286 g/mol. The number of aromatic nitrogens is 1. The summed E-state index contributed by atoms with van der Waals surface area (Å²) in [6.45, 7) is 0.742. The molecule has 0 aliphatic carbocycles. The number of rotatable bonds is 5. The molecule has 1 aliphatic heterocycles. The minimum absolute atomic E-state index is 0.117. The molecule has 6 nitrogen and oxygen atoms in total. The number of benzene rings is 1. The fourth-order valence-corrected chi connectivity index (χ4v) is 2.14.